The second-order valence-corrected chi connectivity index (χ2v) is 5.74. The Hall–Kier alpha value is -2.96. The number of aromatic nitrogens is 1. The van der Waals surface area contributed by atoms with Crippen LogP contribution >= 0.6 is 0 Å². The van der Waals surface area contributed by atoms with Crippen LogP contribution in [0.4, 0.5) is 5.69 Å². The van der Waals surface area contributed by atoms with Gasteiger partial charge in [0.15, 0.2) is 0 Å². The fourth-order valence-electron chi connectivity index (χ4n) is 2.97. The standard InChI is InChI=1S/C17H17N3O4/c21-15-9-8-14(20(23)24)12-19(15)16(13-6-2-1-3-7-13)17(22)18-10-4-5-11-18/h1-3,6-9,12,16H,4-5,10-11H2/t16-/m1/s1. The van der Waals surface area contributed by atoms with Crippen LogP contribution < -0.4 is 5.56 Å². The quantitative estimate of drug-likeness (QED) is 0.634. The van der Waals surface area contributed by atoms with E-state index in [4.69, 9.17) is 0 Å². The summed E-state index contributed by atoms with van der Waals surface area (Å²) in [5.41, 5.74) is -0.0243. The maximum atomic E-state index is 13.0. The van der Waals surface area contributed by atoms with Gasteiger partial charge in [0, 0.05) is 25.2 Å². The third kappa shape index (κ3) is 3.05. The molecule has 2 aromatic rings. The van der Waals surface area contributed by atoms with Crippen LogP contribution in [0.2, 0.25) is 0 Å². The van der Waals surface area contributed by atoms with E-state index in [0.29, 0.717) is 18.7 Å². The molecule has 1 aliphatic rings. The van der Waals surface area contributed by atoms with Gasteiger partial charge in [-0.3, -0.25) is 24.3 Å². The minimum atomic E-state index is -0.892. The maximum absolute atomic E-state index is 13.0. The van der Waals surface area contributed by atoms with Crippen LogP contribution in [0.3, 0.4) is 0 Å². The summed E-state index contributed by atoms with van der Waals surface area (Å²) in [7, 11) is 0. The lowest BCUT2D eigenvalue weighted by molar-refractivity contribution is -0.385. The number of carbonyl (C=O) groups excluding carboxylic acids is 1. The normalized spacial score (nSPS) is 15.2. The van der Waals surface area contributed by atoms with Crippen LogP contribution in [0.5, 0.6) is 0 Å². The second-order valence-electron chi connectivity index (χ2n) is 5.74. The smallest absolute Gasteiger partial charge is 0.285 e. The van der Waals surface area contributed by atoms with Crippen LogP contribution in [-0.4, -0.2) is 33.4 Å². The Labute approximate surface area is 138 Å². The Morgan fingerprint density at radius 2 is 1.75 bits per heavy atom. The van der Waals surface area contributed by atoms with Crippen molar-refractivity contribution < 1.29 is 9.72 Å². The Morgan fingerprint density at radius 1 is 1.08 bits per heavy atom. The van der Waals surface area contributed by atoms with E-state index in [1.165, 1.54) is 0 Å². The second kappa shape index (κ2) is 6.66. The summed E-state index contributed by atoms with van der Waals surface area (Å²) in [6.07, 6.45) is 3.00. The lowest BCUT2D eigenvalue weighted by Gasteiger charge is -2.25. The Kier molecular flexibility index (Phi) is 4.41. The highest BCUT2D eigenvalue weighted by Gasteiger charge is 2.30. The number of hydrogen-bond acceptors (Lipinski definition) is 4. The van der Waals surface area contributed by atoms with Crippen molar-refractivity contribution in [1.82, 2.24) is 9.47 Å². The molecular formula is C17H17N3O4. The molecule has 0 aliphatic carbocycles. The van der Waals surface area contributed by atoms with Crippen molar-refractivity contribution in [3.63, 3.8) is 0 Å². The highest BCUT2D eigenvalue weighted by atomic mass is 16.6. The fraction of sp³-hybridized carbons (Fsp3) is 0.294. The Bertz CT molecular complexity index is 810. The molecule has 1 aromatic heterocycles. The lowest BCUT2D eigenvalue weighted by Crippen LogP contribution is -2.39. The topological polar surface area (TPSA) is 85.5 Å². The molecule has 1 fully saturated rings. The molecule has 1 saturated heterocycles. The van der Waals surface area contributed by atoms with Crippen LogP contribution in [0.25, 0.3) is 0 Å². The molecule has 124 valence electrons. The molecule has 1 atom stereocenters. The summed E-state index contributed by atoms with van der Waals surface area (Å²) in [5, 5.41) is 11.0. The van der Waals surface area contributed by atoms with Crippen molar-refractivity contribution >= 4 is 11.6 Å². The first-order valence-electron chi connectivity index (χ1n) is 7.78. The zero-order valence-electron chi connectivity index (χ0n) is 13.0. The number of carbonyl (C=O) groups is 1. The van der Waals surface area contributed by atoms with Gasteiger partial charge in [-0.25, -0.2) is 0 Å². The van der Waals surface area contributed by atoms with E-state index in [0.717, 1.165) is 35.7 Å². The van der Waals surface area contributed by atoms with Crippen LogP contribution in [0.15, 0.2) is 53.5 Å². The lowest BCUT2D eigenvalue weighted by atomic mass is 10.0. The first-order chi connectivity index (χ1) is 11.6. The van der Waals surface area contributed by atoms with Gasteiger partial charge in [0.25, 0.3) is 11.2 Å². The number of amides is 1. The zero-order valence-corrected chi connectivity index (χ0v) is 13.0. The number of hydrogen-bond donors (Lipinski definition) is 0. The van der Waals surface area contributed by atoms with Gasteiger partial charge in [0.1, 0.15) is 6.04 Å². The molecule has 0 N–H and O–H groups in total. The first kappa shape index (κ1) is 15.9. The molecule has 0 saturated carbocycles. The third-order valence-corrected chi connectivity index (χ3v) is 4.18. The predicted molar refractivity (Wildman–Crippen MR) is 87.8 cm³/mol. The molecule has 2 heterocycles. The van der Waals surface area contributed by atoms with Gasteiger partial charge < -0.3 is 4.90 Å². The molecule has 1 aromatic carbocycles. The average Bonchev–Trinajstić information content (AvgIpc) is 3.12. The van der Waals surface area contributed by atoms with E-state index in [1.807, 2.05) is 6.07 Å². The highest BCUT2D eigenvalue weighted by molar-refractivity contribution is 5.84. The summed E-state index contributed by atoms with van der Waals surface area (Å²) in [5.74, 6) is -0.207. The number of nitrogens with zero attached hydrogens (tertiary/aromatic N) is 3. The van der Waals surface area contributed by atoms with Crippen molar-refractivity contribution in [3.8, 4) is 0 Å². The third-order valence-electron chi connectivity index (χ3n) is 4.18. The van der Waals surface area contributed by atoms with Crippen molar-refractivity contribution in [2.45, 2.75) is 18.9 Å². The maximum Gasteiger partial charge on any atom is 0.285 e. The summed E-state index contributed by atoms with van der Waals surface area (Å²) in [6.45, 7) is 1.29. The average molecular weight is 327 g/mol. The summed E-state index contributed by atoms with van der Waals surface area (Å²) in [4.78, 5) is 37.5. The highest BCUT2D eigenvalue weighted by Crippen LogP contribution is 2.23. The zero-order chi connectivity index (χ0) is 17.1. The van der Waals surface area contributed by atoms with Crippen molar-refractivity contribution in [3.05, 3.63) is 74.7 Å². The van der Waals surface area contributed by atoms with E-state index < -0.39 is 16.5 Å². The van der Waals surface area contributed by atoms with E-state index in [9.17, 15) is 19.7 Å². The Morgan fingerprint density at radius 3 is 2.38 bits per heavy atom. The van der Waals surface area contributed by atoms with Crippen molar-refractivity contribution in [2.24, 2.45) is 0 Å². The first-order valence-corrected chi connectivity index (χ1v) is 7.78. The largest absolute Gasteiger partial charge is 0.341 e. The molecule has 3 rings (SSSR count). The van der Waals surface area contributed by atoms with E-state index in [2.05, 4.69) is 0 Å². The number of likely N-dealkylation sites (tertiary alicyclic amines) is 1. The van der Waals surface area contributed by atoms with Gasteiger partial charge in [-0.2, -0.15) is 0 Å². The molecule has 24 heavy (non-hydrogen) atoms. The molecular weight excluding hydrogens is 310 g/mol. The molecule has 7 heteroatoms. The molecule has 0 spiro atoms. The van der Waals surface area contributed by atoms with Gasteiger partial charge in [0.05, 0.1) is 11.1 Å². The SMILES string of the molecule is O=C([C@@H](c1ccccc1)n1cc([N+](=O)[O-])ccc1=O)N1CCCC1. The van der Waals surface area contributed by atoms with Crippen LogP contribution in [-0.2, 0) is 4.79 Å². The van der Waals surface area contributed by atoms with Gasteiger partial charge in [0.2, 0.25) is 5.91 Å². The number of pyridine rings is 1. The number of rotatable bonds is 4. The Balaban J connectivity index is 2.11. The van der Waals surface area contributed by atoms with Crippen molar-refractivity contribution in [1.29, 1.82) is 0 Å². The van der Waals surface area contributed by atoms with E-state index >= 15 is 0 Å². The van der Waals surface area contributed by atoms with Crippen molar-refractivity contribution in [2.75, 3.05) is 13.1 Å². The summed E-state index contributed by atoms with van der Waals surface area (Å²) >= 11 is 0. The summed E-state index contributed by atoms with van der Waals surface area (Å²) < 4.78 is 1.16. The molecule has 1 aliphatic heterocycles. The van der Waals surface area contributed by atoms with Crippen LogP contribution in [0, 0.1) is 10.1 Å². The van der Waals surface area contributed by atoms with Gasteiger partial charge in [-0.05, 0) is 18.4 Å². The van der Waals surface area contributed by atoms with E-state index in [-0.39, 0.29) is 11.6 Å². The number of benzene rings is 1. The fourth-order valence-corrected chi connectivity index (χ4v) is 2.97. The number of nitro groups is 1. The minimum Gasteiger partial charge on any atom is -0.341 e. The van der Waals surface area contributed by atoms with Gasteiger partial charge >= 0.3 is 0 Å². The van der Waals surface area contributed by atoms with Gasteiger partial charge in [-0.1, -0.05) is 30.3 Å². The molecule has 1 amide bonds. The molecule has 0 radical (unpaired) electrons. The van der Waals surface area contributed by atoms with E-state index in [1.54, 1.807) is 29.2 Å². The molecule has 0 unspecified atom stereocenters. The summed E-state index contributed by atoms with van der Waals surface area (Å²) in [6, 6.07) is 10.3. The predicted octanol–water partition coefficient (Wildman–Crippen LogP) is 1.97. The van der Waals surface area contributed by atoms with Gasteiger partial charge in [-0.15, -0.1) is 0 Å². The van der Waals surface area contributed by atoms with Crippen LogP contribution in [0.1, 0.15) is 24.4 Å². The molecule has 7 nitrogen and oxygen atoms in total. The molecule has 0 bridgehead atoms. The monoisotopic (exact) mass is 327 g/mol. The minimum absolute atomic E-state index is 0.207.